The average molecular weight is 180 g/mol. The number of hydrogen-bond donors (Lipinski definition) is 0. The highest BCUT2D eigenvalue weighted by Crippen LogP contribution is 1.96. The van der Waals surface area contributed by atoms with E-state index in [0.717, 1.165) is 31.9 Å². The highest BCUT2D eigenvalue weighted by molar-refractivity contribution is 4.93. The molecule has 0 amide bonds. The van der Waals surface area contributed by atoms with Crippen molar-refractivity contribution in [3.05, 3.63) is 18.0 Å². The summed E-state index contributed by atoms with van der Waals surface area (Å²) in [6.45, 7) is 10.7. The van der Waals surface area contributed by atoms with Gasteiger partial charge in [-0.3, -0.25) is 4.68 Å². The largest absolute Gasteiger partial charge is 0.302 e. The van der Waals surface area contributed by atoms with Crippen LogP contribution in [0.1, 0.15) is 19.5 Å². The second kappa shape index (κ2) is 5.02. The van der Waals surface area contributed by atoms with Crippen molar-refractivity contribution in [1.29, 1.82) is 0 Å². The van der Waals surface area contributed by atoms with Gasteiger partial charge in [0.1, 0.15) is 0 Å². The standard InChI is InChI=1S/C10H18N3/c1-4-12(5-2)8-9-13-10(3)6-7-11-13/h7H,4-5,8-9H2,1-3H3. The van der Waals surface area contributed by atoms with Crippen molar-refractivity contribution >= 4 is 0 Å². The van der Waals surface area contributed by atoms with Gasteiger partial charge in [-0.15, -0.1) is 0 Å². The molecule has 0 aliphatic rings. The number of hydrogen-bond acceptors (Lipinski definition) is 2. The second-order valence-electron chi connectivity index (χ2n) is 3.12. The van der Waals surface area contributed by atoms with Crippen LogP contribution in [0.25, 0.3) is 0 Å². The first-order valence-corrected chi connectivity index (χ1v) is 4.90. The quantitative estimate of drug-likeness (QED) is 0.681. The van der Waals surface area contributed by atoms with E-state index in [2.05, 4.69) is 29.9 Å². The number of nitrogens with zero attached hydrogens (tertiary/aromatic N) is 3. The van der Waals surface area contributed by atoms with Gasteiger partial charge in [0, 0.05) is 18.3 Å². The minimum absolute atomic E-state index is 0.969. The molecule has 0 saturated carbocycles. The molecule has 0 saturated heterocycles. The van der Waals surface area contributed by atoms with Gasteiger partial charge < -0.3 is 4.90 Å². The molecule has 0 atom stereocenters. The molecule has 1 radical (unpaired) electrons. The Morgan fingerprint density at radius 3 is 2.62 bits per heavy atom. The summed E-state index contributed by atoms with van der Waals surface area (Å²) >= 11 is 0. The summed E-state index contributed by atoms with van der Waals surface area (Å²) in [6, 6.07) is 3.06. The second-order valence-corrected chi connectivity index (χ2v) is 3.12. The van der Waals surface area contributed by atoms with Crippen LogP contribution in [0.15, 0.2) is 6.20 Å². The van der Waals surface area contributed by atoms with Crippen molar-refractivity contribution in [2.45, 2.75) is 27.3 Å². The molecule has 1 heterocycles. The van der Waals surface area contributed by atoms with E-state index in [-0.39, 0.29) is 0 Å². The van der Waals surface area contributed by atoms with Crippen molar-refractivity contribution in [2.24, 2.45) is 0 Å². The van der Waals surface area contributed by atoms with Crippen molar-refractivity contribution in [1.82, 2.24) is 14.7 Å². The first kappa shape index (κ1) is 10.3. The molecule has 0 N–H and O–H groups in total. The SMILES string of the molecule is CCN(CC)CCn1nc[c]c1C. The molecule has 0 aliphatic heterocycles. The van der Waals surface area contributed by atoms with Gasteiger partial charge in [-0.2, -0.15) is 5.10 Å². The lowest BCUT2D eigenvalue weighted by molar-refractivity contribution is 0.284. The predicted octanol–water partition coefficient (Wildman–Crippen LogP) is 1.33. The fourth-order valence-electron chi connectivity index (χ4n) is 1.35. The van der Waals surface area contributed by atoms with E-state index in [1.807, 2.05) is 11.6 Å². The zero-order chi connectivity index (χ0) is 9.68. The fraction of sp³-hybridized carbons (Fsp3) is 0.700. The molecular formula is C10H18N3. The van der Waals surface area contributed by atoms with Crippen LogP contribution in [0.3, 0.4) is 0 Å². The molecule has 1 rings (SSSR count). The number of aromatic nitrogens is 2. The van der Waals surface area contributed by atoms with Crippen LogP contribution in [0.5, 0.6) is 0 Å². The molecule has 0 bridgehead atoms. The van der Waals surface area contributed by atoms with Gasteiger partial charge >= 0.3 is 0 Å². The Morgan fingerprint density at radius 1 is 1.46 bits per heavy atom. The minimum Gasteiger partial charge on any atom is -0.302 e. The van der Waals surface area contributed by atoms with Gasteiger partial charge in [-0.25, -0.2) is 0 Å². The van der Waals surface area contributed by atoms with Gasteiger partial charge in [0.2, 0.25) is 0 Å². The highest BCUT2D eigenvalue weighted by atomic mass is 15.3. The van der Waals surface area contributed by atoms with Crippen LogP contribution in [-0.2, 0) is 6.54 Å². The molecule has 0 aliphatic carbocycles. The lowest BCUT2D eigenvalue weighted by Gasteiger charge is -2.17. The normalized spacial score (nSPS) is 11.1. The van der Waals surface area contributed by atoms with E-state index < -0.39 is 0 Å². The zero-order valence-corrected chi connectivity index (χ0v) is 8.75. The maximum Gasteiger partial charge on any atom is 0.0572 e. The highest BCUT2D eigenvalue weighted by Gasteiger charge is 2.01. The summed E-state index contributed by atoms with van der Waals surface area (Å²) in [4.78, 5) is 2.39. The number of rotatable bonds is 5. The van der Waals surface area contributed by atoms with E-state index in [4.69, 9.17) is 0 Å². The van der Waals surface area contributed by atoms with Gasteiger partial charge in [-0.05, 0) is 20.0 Å². The smallest absolute Gasteiger partial charge is 0.0572 e. The summed E-state index contributed by atoms with van der Waals surface area (Å²) in [5.74, 6) is 0. The number of likely N-dealkylation sites (N-methyl/N-ethyl adjacent to an activating group) is 1. The van der Waals surface area contributed by atoms with Gasteiger partial charge in [-0.1, -0.05) is 13.8 Å². The molecule has 0 aromatic carbocycles. The third kappa shape index (κ3) is 2.84. The third-order valence-electron chi connectivity index (χ3n) is 2.38. The van der Waals surface area contributed by atoms with Gasteiger partial charge in [0.25, 0.3) is 0 Å². The van der Waals surface area contributed by atoms with E-state index in [9.17, 15) is 0 Å². The molecular weight excluding hydrogens is 162 g/mol. The van der Waals surface area contributed by atoms with E-state index in [1.54, 1.807) is 6.20 Å². The first-order chi connectivity index (χ1) is 6.27. The van der Waals surface area contributed by atoms with Crippen LogP contribution in [-0.4, -0.2) is 34.3 Å². The zero-order valence-electron chi connectivity index (χ0n) is 8.75. The molecule has 3 nitrogen and oxygen atoms in total. The van der Waals surface area contributed by atoms with E-state index >= 15 is 0 Å². The number of aryl methyl sites for hydroxylation is 1. The van der Waals surface area contributed by atoms with Crippen molar-refractivity contribution in [2.75, 3.05) is 19.6 Å². The summed E-state index contributed by atoms with van der Waals surface area (Å²) < 4.78 is 2.00. The average Bonchev–Trinajstić information content (AvgIpc) is 2.54. The summed E-state index contributed by atoms with van der Waals surface area (Å²) in [5.41, 5.74) is 1.12. The van der Waals surface area contributed by atoms with Crippen LogP contribution < -0.4 is 0 Å². The molecule has 1 aromatic heterocycles. The van der Waals surface area contributed by atoms with E-state index in [0.29, 0.717) is 0 Å². The first-order valence-electron chi connectivity index (χ1n) is 4.90. The molecule has 0 spiro atoms. The van der Waals surface area contributed by atoms with Crippen LogP contribution in [0, 0.1) is 13.0 Å². The summed E-state index contributed by atoms with van der Waals surface area (Å²) in [6.07, 6.45) is 1.73. The lowest BCUT2D eigenvalue weighted by atomic mass is 10.4. The summed E-state index contributed by atoms with van der Waals surface area (Å²) in [7, 11) is 0. The Balaban J connectivity index is 2.38. The van der Waals surface area contributed by atoms with Crippen LogP contribution >= 0.6 is 0 Å². The molecule has 73 valence electrons. The van der Waals surface area contributed by atoms with E-state index in [1.165, 1.54) is 0 Å². The molecule has 0 unspecified atom stereocenters. The molecule has 13 heavy (non-hydrogen) atoms. The fourth-order valence-corrected chi connectivity index (χ4v) is 1.35. The predicted molar refractivity (Wildman–Crippen MR) is 53.6 cm³/mol. The van der Waals surface area contributed by atoms with Crippen molar-refractivity contribution < 1.29 is 0 Å². The Hall–Kier alpha value is -0.830. The minimum atomic E-state index is 0.969. The molecule has 1 aromatic rings. The summed E-state index contributed by atoms with van der Waals surface area (Å²) in [5, 5.41) is 4.19. The Kier molecular flexibility index (Phi) is 3.96. The van der Waals surface area contributed by atoms with Crippen molar-refractivity contribution in [3.63, 3.8) is 0 Å². The molecule has 3 heteroatoms. The maximum absolute atomic E-state index is 4.19. The van der Waals surface area contributed by atoms with Gasteiger partial charge in [0.05, 0.1) is 12.7 Å². The molecule has 0 fully saturated rings. The third-order valence-corrected chi connectivity index (χ3v) is 2.38. The van der Waals surface area contributed by atoms with Crippen molar-refractivity contribution in [3.8, 4) is 0 Å². The van der Waals surface area contributed by atoms with Crippen LogP contribution in [0.2, 0.25) is 0 Å². The van der Waals surface area contributed by atoms with Gasteiger partial charge in [0.15, 0.2) is 0 Å². The monoisotopic (exact) mass is 180 g/mol. The Bertz CT molecular complexity index is 238. The lowest BCUT2D eigenvalue weighted by Crippen LogP contribution is -2.27. The Morgan fingerprint density at radius 2 is 2.15 bits per heavy atom. The Labute approximate surface area is 80.4 Å². The van der Waals surface area contributed by atoms with Crippen LogP contribution in [0.4, 0.5) is 0 Å². The maximum atomic E-state index is 4.19. The topological polar surface area (TPSA) is 21.1 Å².